The summed E-state index contributed by atoms with van der Waals surface area (Å²) in [4.78, 5) is 13.3. The smallest absolute Gasteiger partial charge is 0.224 e. The van der Waals surface area contributed by atoms with Crippen molar-refractivity contribution in [3.8, 4) is 0 Å². The first-order valence-electron chi connectivity index (χ1n) is 10.5. The molecular weight excluding hydrogens is 460 g/mol. The number of carbonyl (C=O) groups excluding carboxylic acids is 1. The Hall–Kier alpha value is -1.35. The first-order valence-corrected chi connectivity index (χ1v) is 12.0. The number of amides is 1. The quantitative estimate of drug-likeness (QED) is 0.459. The van der Waals surface area contributed by atoms with Crippen LogP contribution >= 0.6 is 35.1 Å². The second-order valence-electron chi connectivity index (χ2n) is 8.75. The van der Waals surface area contributed by atoms with Crippen LogP contribution in [0.3, 0.4) is 0 Å². The molecule has 0 bridgehead atoms. The minimum atomic E-state index is -0.519. The molecule has 6 nitrogen and oxygen atoms in total. The molecule has 1 aromatic carbocycles. The number of halogens is 3. The van der Waals surface area contributed by atoms with Crippen molar-refractivity contribution in [1.82, 2.24) is 24.4 Å². The van der Waals surface area contributed by atoms with Crippen molar-refractivity contribution in [3.05, 3.63) is 39.9 Å². The van der Waals surface area contributed by atoms with Crippen molar-refractivity contribution in [2.45, 2.75) is 50.2 Å². The van der Waals surface area contributed by atoms with Gasteiger partial charge >= 0.3 is 0 Å². The Morgan fingerprint density at radius 3 is 2.77 bits per heavy atom. The molecule has 2 heterocycles. The van der Waals surface area contributed by atoms with Gasteiger partial charge in [-0.15, -0.1) is 10.2 Å². The molecule has 1 saturated heterocycles. The van der Waals surface area contributed by atoms with E-state index in [0.29, 0.717) is 17.1 Å². The van der Waals surface area contributed by atoms with Gasteiger partial charge in [0.05, 0.1) is 22.0 Å². The zero-order chi connectivity index (χ0) is 22.2. The zero-order valence-corrected chi connectivity index (χ0v) is 19.9. The average Bonchev–Trinajstić information content (AvgIpc) is 3.47. The Morgan fingerprint density at radius 1 is 1.35 bits per heavy atom. The highest BCUT2D eigenvalue weighted by Gasteiger charge is 2.42. The van der Waals surface area contributed by atoms with E-state index in [4.69, 9.17) is 23.2 Å². The van der Waals surface area contributed by atoms with Crippen LogP contribution in [0, 0.1) is 17.2 Å². The van der Waals surface area contributed by atoms with Gasteiger partial charge in [-0.25, -0.2) is 8.70 Å². The molecule has 1 saturated carbocycles. The maximum absolute atomic E-state index is 14.9. The van der Waals surface area contributed by atoms with Crippen molar-refractivity contribution in [3.63, 3.8) is 0 Å². The van der Waals surface area contributed by atoms with Crippen LogP contribution in [0.4, 0.5) is 4.39 Å². The van der Waals surface area contributed by atoms with E-state index in [1.54, 1.807) is 6.33 Å². The van der Waals surface area contributed by atoms with Crippen LogP contribution in [0.25, 0.3) is 0 Å². The van der Waals surface area contributed by atoms with E-state index < -0.39 is 11.9 Å². The lowest BCUT2D eigenvalue weighted by Crippen LogP contribution is -2.42. The molecular formula is C21H26Cl2FN5OS. The second-order valence-corrected chi connectivity index (χ2v) is 10.6. The third-order valence-corrected chi connectivity index (χ3v) is 8.44. The lowest BCUT2D eigenvalue weighted by molar-refractivity contribution is -0.126. The van der Waals surface area contributed by atoms with Gasteiger partial charge in [-0.05, 0) is 48.8 Å². The fourth-order valence-electron chi connectivity index (χ4n) is 4.63. The lowest BCUT2D eigenvalue weighted by atomic mass is 9.76. The summed E-state index contributed by atoms with van der Waals surface area (Å²) in [5.74, 6) is -0.692. The summed E-state index contributed by atoms with van der Waals surface area (Å²) in [7, 11) is 1.89. The lowest BCUT2D eigenvalue weighted by Gasteiger charge is -2.36. The number of nitrogens with one attached hydrogen (secondary N) is 1. The average molecular weight is 486 g/mol. The first-order chi connectivity index (χ1) is 14.8. The van der Waals surface area contributed by atoms with Crippen molar-refractivity contribution in [1.29, 1.82) is 0 Å². The Kier molecular flexibility index (Phi) is 6.82. The Bertz CT molecular complexity index is 965. The van der Waals surface area contributed by atoms with Gasteiger partial charge in [-0.2, -0.15) is 0 Å². The van der Waals surface area contributed by atoms with Gasteiger partial charge in [0.1, 0.15) is 12.1 Å². The first kappa shape index (κ1) is 22.8. The molecule has 10 heteroatoms. The van der Waals surface area contributed by atoms with E-state index in [1.165, 1.54) is 24.1 Å². The SMILES string of the molecule is Cn1cnnc1SN1CCC(C(=O)NC(c2c(F)ccc(Cl)c2Cl)C2(C)CCCC2)C1. The van der Waals surface area contributed by atoms with Gasteiger partial charge in [0.2, 0.25) is 11.1 Å². The molecule has 1 amide bonds. The van der Waals surface area contributed by atoms with Crippen LogP contribution < -0.4 is 5.32 Å². The summed E-state index contributed by atoms with van der Waals surface area (Å²) in [6, 6.07) is 2.27. The molecule has 2 aromatic rings. The molecule has 0 radical (unpaired) electrons. The van der Waals surface area contributed by atoms with Gasteiger partial charge in [-0.1, -0.05) is 43.0 Å². The number of rotatable bonds is 6. The van der Waals surface area contributed by atoms with Crippen LogP contribution in [-0.4, -0.2) is 38.1 Å². The number of aromatic nitrogens is 3. The fraction of sp³-hybridized carbons (Fsp3) is 0.571. The van der Waals surface area contributed by atoms with Gasteiger partial charge in [0.25, 0.3) is 0 Å². The highest BCUT2D eigenvalue weighted by molar-refractivity contribution is 7.96. The van der Waals surface area contributed by atoms with Gasteiger partial charge in [0, 0.05) is 25.7 Å². The summed E-state index contributed by atoms with van der Waals surface area (Å²) in [5, 5.41) is 12.4. The number of nitrogens with zero attached hydrogens (tertiary/aromatic N) is 4. The predicted octanol–water partition coefficient (Wildman–Crippen LogP) is 5.03. The molecule has 2 unspecified atom stereocenters. The van der Waals surface area contributed by atoms with Crippen LogP contribution in [0.2, 0.25) is 10.0 Å². The van der Waals surface area contributed by atoms with Crippen LogP contribution in [0.5, 0.6) is 0 Å². The highest BCUT2D eigenvalue weighted by atomic mass is 35.5. The van der Waals surface area contributed by atoms with E-state index in [2.05, 4.69) is 26.7 Å². The predicted molar refractivity (Wildman–Crippen MR) is 120 cm³/mol. The maximum atomic E-state index is 14.9. The van der Waals surface area contributed by atoms with Crippen LogP contribution in [0.15, 0.2) is 23.6 Å². The minimum absolute atomic E-state index is 0.0744. The summed E-state index contributed by atoms with van der Waals surface area (Å²) in [6.07, 6.45) is 6.28. The molecule has 1 aliphatic carbocycles. The Labute approximate surface area is 196 Å². The van der Waals surface area contributed by atoms with E-state index in [1.807, 2.05) is 11.6 Å². The minimum Gasteiger partial charge on any atom is -0.348 e. The molecule has 2 fully saturated rings. The van der Waals surface area contributed by atoms with Gasteiger partial charge in [0.15, 0.2) is 0 Å². The van der Waals surface area contributed by atoms with Gasteiger partial charge < -0.3 is 9.88 Å². The molecule has 1 aliphatic heterocycles. The van der Waals surface area contributed by atoms with Crippen molar-refractivity contribution >= 4 is 41.1 Å². The number of benzene rings is 1. The molecule has 4 rings (SSSR count). The van der Waals surface area contributed by atoms with Crippen molar-refractivity contribution in [2.75, 3.05) is 13.1 Å². The van der Waals surface area contributed by atoms with Crippen LogP contribution in [-0.2, 0) is 11.8 Å². The van der Waals surface area contributed by atoms with E-state index in [9.17, 15) is 9.18 Å². The second kappa shape index (κ2) is 9.25. The molecule has 2 aliphatic rings. The Morgan fingerprint density at radius 2 is 2.10 bits per heavy atom. The molecule has 1 aromatic heterocycles. The van der Waals surface area contributed by atoms with E-state index in [0.717, 1.165) is 43.8 Å². The highest BCUT2D eigenvalue weighted by Crippen LogP contribution is 2.50. The summed E-state index contributed by atoms with van der Waals surface area (Å²) >= 11 is 14.2. The maximum Gasteiger partial charge on any atom is 0.224 e. The monoisotopic (exact) mass is 485 g/mol. The Balaban J connectivity index is 1.52. The van der Waals surface area contributed by atoms with Crippen molar-refractivity contribution < 1.29 is 9.18 Å². The largest absolute Gasteiger partial charge is 0.348 e. The topological polar surface area (TPSA) is 63.1 Å². The molecule has 168 valence electrons. The number of hydrogen-bond acceptors (Lipinski definition) is 5. The number of carbonyl (C=O) groups is 1. The third kappa shape index (κ3) is 4.72. The number of aryl methyl sites for hydroxylation is 1. The molecule has 1 N–H and O–H groups in total. The van der Waals surface area contributed by atoms with Crippen molar-refractivity contribution in [2.24, 2.45) is 18.4 Å². The van der Waals surface area contributed by atoms with Gasteiger partial charge in [-0.3, -0.25) is 4.79 Å². The van der Waals surface area contributed by atoms with E-state index >= 15 is 0 Å². The standard InChI is InChI=1S/C21H26Cl2FN5OS/c1-21(8-3-4-9-21)18(16-15(24)6-5-14(22)17(16)23)26-19(30)13-7-10-29(11-13)31-20-27-25-12-28(20)2/h5-6,12-13,18H,3-4,7-11H2,1-2H3,(H,26,30). The summed E-state index contributed by atoms with van der Waals surface area (Å²) in [5.41, 5.74) is 0.0338. The normalized spacial score (nSPS) is 22.0. The summed E-state index contributed by atoms with van der Waals surface area (Å²) < 4.78 is 18.9. The molecule has 0 spiro atoms. The number of hydrogen-bond donors (Lipinski definition) is 1. The third-order valence-electron chi connectivity index (χ3n) is 6.50. The zero-order valence-electron chi connectivity index (χ0n) is 17.6. The fourth-order valence-corrected chi connectivity index (χ4v) is 6.00. The summed E-state index contributed by atoms with van der Waals surface area (Å²) in [6.45, 7) is 3.47. The van der Waals surface area contributed by atoms with Crippen LogP contribution in [0.1, 0.15) is 50.6 Å². The molecule has 31 heavy (non-hydrogen) atoms. The molecule has 2 atom stereocenters. The van der Waals surface area contributed by atoms with E-state index in [-0.39, 0.29) is 22.3 Å².